The highest BCUT2D eigenvalue weighted by Crippen LogP contribution is 2.55. The lowest BCUT2D eigenvalue weighted by Gasteiger charge is -2.30. The van der Waals surface area contributed by atoms with Crippen LogP contribution in [0.15, 0.2) is 0 Å². The number of carbonyl (C=O) groups is 1. The van der Waals surface area contributed by atoms with Crippen LogP contribution in [0.4, 0.5) is 0 Å². The Morgan fingerprint density at radius 1 is 1.14 bits per heavy atom. The van der Waals surface area contributed by atoms with Crippen molar-refractivity contribution in [2.75, 3.05) is 18.8 Å². The molecule has 3 aliphatic rings. The lowest BCUT2D eigenvalue weighted by Crippen LogP contribution is -2.40. The minimum atomic E-state index is -3.10. The molecule has 1 saturated heterocycles. The van der Waals surface area contributed by atoms with Crippen LogP contribution in [-0.4, -0.2) is 37.5 Å². The van der Waals surface area contributed by atoms with Crippen molar-refractivity contribution in [1.82, 2.24) is 4.31 Å². The molecule has 5 nitrogen and oxygen atoms in total. The second kappa shape index (κ2) is 5.88. The van der Waals surface area contributed by atoms with E-state index in [1.54, 1.807) is 4.31 Å². The molecular weight excluding hydrogens is 288 g/mol. The fraction of sp³-hybridized carbons (Fsp3) is 0.933. The SMILES string of the molecule is NC(=O)CC1CCN(S(=O)(=O)CC[C@@H]2C[C@H]2C2CC2)CC1. The first-order chi connectivity index (χ1) is 9.95. The maximum atomic E-state index is 12.4. The van der Waals surface area contributed by atoms with Gasteiger partial charge in [-0.15, -0.1) is 0 Å². The summed E-state index contributed by atoms with van der Waals surface area (Å²) in [6.07, 6.45) is 6.72. The summed E-state index contributed by atoms with van der Waals surface area (Å²) in [5.74, 6) is 2.71. The van der Waals surface area contributed by atoms with Crippen molar-refractivity contribution in [3.8, 4) is 0 Å². The van der Waals surface area contributed by atoms with Crippen molar-refractivity contribution in [3.63, 3.8) is 0 Å². The largest absolute Gasteiger partial charge is 0.370 e. The minimum absolute atomic E-state index is 0.261. The second-order valence-corrected chi connectivity index (χ2v) is 9.20. The highest BCUT2D eigenvalue weighted by Gasteiger charge is 2.47. The number of primary amides is 1. The van der Waals surface area contributed by atoms with Gasteiger partial charge in [0.2, 0.25) is 15.9 Å². The maximum Gasteiger partial charge on any atom is 0.217 e. The van der Waals surface area contributed by atoms with Crippen molar-refractivity contribution in [2.24, 2.45) is 29.4 Å². The van der Waals surface area contributed by atoms with Crippen LogP contribution >= 0.6 is 0 Å². The van der Waals surface area contributed by atoms with Gasteiger partial charge in [-0.05, 0) is 62.2 Å². The van der Waals surface area contributed by atoms with E-state index in [0.29, 0.717) is 31.2 Å². The van der Waals surface area contributed by atoms with E-state index < -0.39 is 10.0 Å². The van der Waals surface area contributed by atoms with E-state index in [1.165, 1.54) is 19.3 Å². The second-order valence-electron chi connectivity index (χ2n) is 7.11. The molecule has 0 radical (unpaired) electrons. The van der Waals surface area contributed by atoms with E-state index in [1.807, 2.05) is 0 Å². The van der Waals surface area contributed by atoms with Gasteiger partial charge in [-0.2, -0.15) is 0 Å². The van der Waals surface area contributed by atoms with Crippen molar-refractivity contribution in [2.45, 2.75) is 44.9 Å². The van der Waals surface area contributed by atoms with Crippen LogP contribution < -0.4 is 5.73 Å². The third-order valence-corrected chi connectivity index (χ3v) is 7.31. The Morgan fingerprint density at radius 3 is 2.38 bits per heavy atom. The standard InChI is InChI=1S/C15H26N2O3S/c16-15(18)9-11-3-6-17(7-4-11)21(19,20)8-5-13-10-14(13)12-1-2-12/h11-14H,1-10H2,(H2,16,18)/t13-,14+/m1/s1. The summed E-state index contributed by atoms with van der Waals surface area (Å²) in [7, 11) is -3.10. The lowest BCUT2D eigenvalue weighted by molar-refractivity contribution is -0.119. The molecule has 2 atom stereocenters. The van der Waals surface area contributed by atoms with Crippen molar-refractivity contribution in [1.29, 1.82) is 0 Å². The number of amides is 1. The van der Waals surface area contributed by atoms with E-state index >= 15 is 0 Å². The molecule has 2 aliphatic carbocycles. The molecular formula is C15H26N2O3S. The summed E-state index contributed by atoms with van der Waals surface area (Å²) in [5, 5.41) is 0. The first-order valence-electron chi connectivity index (χ1n) is 8.22. The summed E-state index contributed by atoms with van der Waals surface area (Å²) in [4.78, 5) is 10.9. The Hall–Kier alpha value is -0.620. The Bertz CT molecular complexity index is 493. The predicted octanol–water partition coefficient (Wildman–Crippen LogP) is 1.34. The summed E-state index contributed by atoms with van der Waals surface area (Å²) >= 11 is 0. The Balaban J connectivity index is 1.42. The van der Waals surface area contributed by atoms with E-state index in [4.69, 9.17) is 5.73 Å². The van der Waals surface area contributed by atoms with E-state index in [0.717, 1.165) is 31.1 Å². The molecule has 2 saturated carbocycles. The van der Waals surface area contributed by atoms with Crippen molar-refractivity contribution >= 4 is 15.9 Å². The highest BCUT2D eigenvalue weighted by molar-refractivity contribution is 7.89. The molecule has 3 rings (SSSR count). The molecule has 0 unspecified atom stereocenters. The normalized spacial score (nSPS) is 31.2. The third kappa shape index (κ3) is 3.97. The zero-order chi connectivity index (χ0) is 15.0. The average molecular weight is 314 g/mol. The van der Waals surface area contributed by atoms with Gasteiger partial charge in [-0.3, -0.25) is 4.79 Å². The van der Waals surface area contributed by atoms with Gasteiger partial charge in [0.25, 0.3) is 0 Å². The minimum Gasteiger partial charge on any atom is -0.370 e. The van der Waals surface area contributed by atoms with Crippen LogP contribution in [0.5, 0.6) is 0 Å². The van der Waals surface area contributed by atoms with E-state index in [-0.39, 0.29) is 11.8 Å². The molecule has 0 aromatic carbocycles. The van der Waals surface area contributed by atoms with Gasteiger partial charge >= 0.3 is 0 Å². The van der Waals surface area contributed by atoms with E-state index in [9.17, 15) is 13.2 Å². The van der Waals surface area contributed by atoms with Crippen LogP contribution in [-0.2, 0) is 14.8 Å². The number of hydrogen-bond acceptors (Lipinski definition) is 3. The van der Waals surface area contributed by atoms with E-state index in [2.05, 4.69) is 0 Å². The van der Waals surface area contributed by atoms with Gasteiger partial charge in [0.1, 0.15) is 0 Å². The van der Waals surface area contributed by atoms with Crippen molar-refractivity contribution in [3.05, 3.63) is 0 Å². The zero-order valence-corrected chi connectivity index (χ0v) is 13.4. The molecule has 1 heterocycles. The van der Waals surface area contributed by atoms with Gasteiger partial charge in [0.05, 0.1) is 5.75 Å². The van der Waals surface area contributed by atoms with Crippen LogP contribution in [0.3, 0.4) is 0 Å². The Morgan fingerprint density at radius 2 is 1.81 bits per heavy atom. The molecule has 120 valence electrons. The number of piperidine rings is 1. The smallest absolute Gasteiger partial charge is 0.217 e. The first kappa shape index (κ1) is 15.3. The molecule has 0 aromatic heterocycles. The fourth-order valence-corrected chi connectivity index (χ4v) is 5.44. The summed E-state index contributed by atoms with van der Waals surface area (Å²) < 4.78 is 26.4. The van der Waals surface area contributed by atoms with Crippen LogP contribution in [0, 0.1) is 23.7 Å². The summed E-state index contributed by atoms with van der Waals surface area (Å²) in [5.41, 5.74) is 5.20. The van der Waals surface area contributed by atoms with Crippen LogP contribution in [0.1, 0.15) is 44.9 Å². The molecule has 0 aromatic rings. The van der Waals surface area contributed by atoms with Gasteiger partial charge in [0, 0.05) is 19.5 Å². The zero-order valence-electron chi connectivity index (χ0n) is 12.5. The van der Waals surface area contributed by atoms with Gasteiger partial charge in [0.15, 0.2) is 0 Å². The lowest BCUT2D eigenvalue weighted by atomic mass is 9.94. The molecule has 2 N–H and O–H groups in total. The number of carbonyl (C=O) groups excluding carboxylic acids is 1. The average Bonchev–Trinajstić information content (AvgIpc) is 3.28. The fourth-order valence-electron chi connectivity index (χ4n) is 3.81. The summed E-state index contributed by atoms with van der Waals surface area (Å²) in [6, 6.07) is 0. The van der Waals surface area contributed by atoms with Gasteiger partial charge in [-0.1, -0.05) is 0 Å². The molecule has 21 heavy (non-hydrogen) atoms. The molecule has 6 heteroatoms. The van der Waals surface area contributed by atoms with Crippen LogP contribution in [0.25, 0.3) is 0 Å². The highest BCUT2D eigenvalue weighted by atomic mass is 32.2. The van der Waals surface area contributed by atoms with Crippen LogP contribution in [0.2, 0.25) is 0 Å². The first-order valence-corrected chi connectivity index (χ1v) is 9.83. The number of rotatable bonds is 7. The number of nitrogens with two attached hydrogens (primary N) is 1. The molecule has 1 amide bonds. The quantitative estimate of drug-likeness (QED) is 0.770. The predicted molar refractivity (Wildman–Crippen MR) is 80.8 cm³/mol. The molecule has 0 spiro atoms. The van der Waals surface area contributed by atoms with Gasteiger partial charge < -0.3 is 5.73 Å². The monoisotopic (exact) mass is 314 g/mol. The van der Waals surface area contributed by atoms with Gasteiger partial charge in [-0.25, -0.2) is 12.7 Å². The van der Waals surface area contributed by atoms with Crippen molar-refractivity contribution < 1.29 is 13.2 Å². The maximum absolute atomic E-state index is 12.4. The Kier molecular flexibility index (Phi) is 4.28. The number of hydrogen-bond donors (Lipinski definition) is 1. The number of nitrogens with zero attached hydrogens (tertiary/aromatic N) is 1. The molecule has 1 aliphatic heterocycles. The third-order valence-electron chi connectivity index (χ3n) is 5.41. The summed E-state index contributed by atoms with van der Waals surface area (Å²) in [6.45, 7) is 1.11. The molecule has 3 fully saturated rings. The number of sulfonamides is 1. The molecule has 0 bridgehead atoms. The Labute approximate surface area is 127 Å². The topological polar surface area (TPSA) is 80.5 Å².